The van der Waals surface area contributed by atoms with Gasteiger partial charge >= 0.3 is 0 Å². The molecule has 0 spiro atoms. The van der Waals surface area contributed by atoms with Crippen LogP contribution in [0.1, 0.15) is 50.1 Å². The number of nitrogens with one attached hydrogen (secondary N) is 1. The van der Waals surface area contributed by atoms with Gasteiger partial charge in [-0.1, -0.05) is 31.7 Å². The van der Waals surface area contributed by atoms with Crippen LogP contribution in [0.5, 0.6) is 5.75 Å². The van der Waals surface area contributed by atoms with E-state index in [0.29, 0.717) is 11.7 Å². The highest BCUT2D eigenvalue weighted by molar-refractivity contribution is 5.87. The average Bonchev–Trinajstić information content (AvgIpc) is 2.59. The molecule has 1 heterocycles. The number of aromatic hydroxyl groups is 1. The summed E-state index contributed by atoms with van der Waals surface area (Å²) in [6.07, 6.45) is 7.69. The van der Waals surface area contributed by atoms with Crippen LogP contribution in [0.25, 0.3) is 10.9 Å². The highest BCUT2D eigenvalue weighted by Crippen LogP contribution is 2.37. The van der Waals surface area contributed by atoms with Gasteiger partial charge in [0.15, 0.2) is 0 Å². The van der Waals surface area contributed by atoms with Crippen LogP contribution < -0.4 is 0 Å². The number of rotatable bonds is 1. The summed E-state index contributed by atoms with van der Waals surface area (Å²) in [4.78, 5) is 0. The molecule has 0 aliphatic heterocycles. The van der Waals surface area contributed by atoms with Crippen molar-refractivity contribution in [1.82, 2.24) is 10.2 Å². The molecule has 0 bridgehead atoms. The third-order valence-electron chi connectivity index (χ3n) is 3.85. The van der Waals surface area contributed by atoms with Crippen molar-refractivity contribution in [2.75, 3.05) is 0 Å². The van der Waals surface area contributed by atoms with E-state index in [-0.39, 0.29) is 0 Å². The lowest BCUT2D eigenvalue weighted by atomic mass is 9.94. The number of H-pyrrole nitrogens is 1. The second-order valence-corrected chi connectivity index (χ2v) is 5.00. The SMILES string of the molecule is Oc1cccc2n[nH]c(C3CCCCCC3)c12. The van der Waals surface area contributed by atoms with E-state index in [2.05, 4.69) is 10.2 Å². The molecule has 1 aromatic heterocycles. The van der Waals surface area contributed by atoms with Crippen molar-refractivity contribution in [3.05, 3.63) is 23.9 Å². The van der Waals surface area contributed by atoms with Crippen LogP contribution in [-0.4, -0.2) is 15.3 Å². The van der Waals surface area contributed by atoms with Crippen molar-refractivity contribution in [1.29, 1.82) is 0 Å². The minimum absolute atomic E-state index is 0.357. The summed E-state index contributed by atoms with van der Waals surface area (Å²) in [5.74, 6) is 0.895. The first-order valence-corrected chi connectivity index (χ1v) is 6.52. The molecule has 3 nitrogen and oxygen atoms in total. The van der Waals surface area contributed by atoms with E-state index in [0.717, 1.165) is 16.6 Å². The van der Waals surface area contributed by atoms with E-state index in [4.69, 9.17) is 0 Å². The number of hydrogen-bond acceptors (Lipinski definition) is 2. The van der Waals surface area contributed by atoms with E-state index in [1.54, 1.807) is 6.07 Å². The van der Waals surface area contributed by atoms with Crippen LogP contribution in [0, 0.1) is 0 Å². The van der Waals surface area contributed by atoms with Crippen molar-refractivity contribution in [2.24, 2.45) is 0 Å². The molecule has 90 valence electrons. The van der Waals surface area contributed by atoms with Gasteiger partial charge in [-0.05, 0) is 25.0 Å². The molecule has 1 aliphatic rings. The van der Waals surface area contributed by atoms with Crippen molar-refractivity contribution in [2.45, 2.75) is 44.4 Å². The molecule has 1 aromatic carbocycles. The van der Waals surface area contributed by atoms with E-state index in [1.165, 1.54) is 38.5 Å². The van der Waals surface area contributed by atoms with Crippen LogP contribution in [0.3, 0.4) is 0 Å². The molecule has 2 aromatic rings. The number of aromatic nitrogens is 2. The Balaban J connectivity index is 2.04. The van der Waals surface area contributed by atoms with Crippen LogP contribution in [0.15, 0.2) is 18.2 Å². The molecular weight excluding hydrogens is 212 g/mol. The Morgan fingerprint density at radius 2 is 1.88 bits per heavy atom. The fourth-order valence-corrected chi connectivity index (χ4v) is 2.94. The molecule has 3 heteroatoms. The minimum Gasteiger partial charge on any atom is -0.507 e. The molecule has 0 radical (unpaired) electrons. The summed E-state index contributed by atoms with van der Waals surface area (Å²) in [5.41, 5.74) is 2.02. The zero-order valence-electron chi connectivity index (χ0n) is 9.95. The molecule has 0 amide bonds. The highest BCUT2D eigenvalue weighted by atomic mass is 16.3. The third kappa shape index (κ3) is 1.90. The van der Waals surface area contributed by atoms with E-state index >= 15 is 0 Å². The summed E-state index contributed by atoms with van der Waals surface area (Å²) < 4.78 is 0. The predicted molar refractivity (Wildman–Crippen MR) is 68.2 cm³/mol. The number of phenolic OH excluding ortho intramolecular Hbond substituents is 1. The average molecular weight is 230 g/mol. The van der Waals surface area contributed by atoms with Gasteiger partial charge in [-0.15, -0.1) is 0 Å². The molecule has 0 atom stereocenters. The lowest BCUT2D eigenvalue weighted by Crippen LogP contribution is -1.98. The fraction of sp³-hybridized carbons (Fsp3) is 0.500. The van der Waals surface area contributed by atoms with Gasteiger partial charge in [-0.3, -0.25) is 5.10 Å². The monoisotopic (exact) mass is 230 g/mol. The number of phenols is 1. The summed E-state index contributed by atoms with van der Waals surface area (Å²) in [6, 6.07) is 5.54. The Hall–Kier alpha value is -1.51. The Morgan fingerprint density at radius 3 is 2.65 bits per heavy atom. The quantitative estimate of drug-likeness (QED) is 0.734. The van der Waals surface area contributed by atoms with Gasteiger partial charge in [-0.25, -0.2) is 0 Å². The Morgan fingerprint density at radius 1 is 1.12 bits per heavy atom. The van der Waals surface area contributed by atoms with Crippen LogP contribution in [0.2, 0.25) is 0 Å². The molecule has 17 heavy (non-hydrogen) atoms. The molecule has 0 saturated heterocycles. The van der Waals surface area contributed by atoms with E-state index in [1.807, 2.05) is 12.1 Å². The van der Waals surface area contributed by atoms with Gasteiger partial charge in [-0.2, -0.15) is 5.10 Å². The van der Waals surface area contributed by atoms with E-state index < -0.39 is 0 Å². The van der Waals surface area contributed by atoms with Gasteiger partial charge in [0.1, 0.15) is 5.75 Å². The van der Waals surface area contributed by atoms with Crippen LogP contribution in [0.4, 0.5) is 0 Å². The number of nitrogens with zero attached hydrogens (tertiary/aromatic N) is 1. The first-order chi connectivity index (χ1) is 8.36. The Labute approximate surface area is 101 Å². The molecule has 1 fully saturated rings. The fourth-order valence-electron chi connectivity index (χ4n) is 2.94. The number of benzene rings is 1. The zero-order valence-corrected chi connectivity index (χ0v) is 9.95. The Bertz CT molecular complexity index is 510. The number of fused-ring (bicyclic) bond motifs is 1. The topological polar surface area (TPSA) is 48.9 Å². The third-order valence-corrected chi connectivity index (χ3v) is 3.85. The standard InChI is InChI=1S/C14H18N2O/c17-12-9-5-8-11-13(12)14(16-15-11)10-6-3-1-2-4-7-10/h5,8-10,17H,1-4,6-7H2,(H,15,16). The summed E-state index contributed by atoms with van der Waals surface area (Å²) in [5, 5.41) is 18.4. The minimum atomic E-state index is 0.357. The summed E-state index contributed by atoms with van der Waals surface area (Å²) in [7, 11) is 0. The number of hydrogen-bond donors (Lipinski definition) is 2. The summed E-state index contributed by atoms with van der Waals surface area (Å²) in [6.45, 7) is 0. The lowest BCUT2D eigenvalue weighted by Gasteiger charge is -2.12. The largest absolute Gasteiger partial charge is 0.507 e. The molecule has 0 unspecified atom stereocenters. The van der Waals surface area contributed by atoms with Gasteiger partial charge in [0, 0.05) is 11.6 Å². The van der Waals surface area contributed by atoms with Gasteiger partial charge in [0.2, 0.25) is 0 Å². The maximum absolute atomic E-state index is 9.98. The van der Waals surface area contributed by atoms with Crippen molar-refractivity contribution >= 4 is 10.9 Å². The maximum Gasteiger partial charge on any atom is 0.126 e. The van der Waals surface area contributed by atoms with Crippen LogP contribution >= 0.6 is 0 Å². The predicted octanol–water partition coefficient (Wildman–Crippen LogP) is 3.71. The highest BCUT2D eigenvalue weighted by Gasteiger charge is 2.20. The van der Waals surface area contributed by atoms with Crippen molar-refractivity contribution in [3.63, 3.8) is 0 Å². The van der Waals surface area contributed by atoms with Crippen molar-refractivity contribution in [3.8, 4) is 5.75 Å². The zero-order chi connectivity index (χ0) is 11.7. The molecular formula is C14H18N2O. The van der Waals surface area contributed by atoms with Gasteiger partial charge < -0.3 is 5.11 Å². The summed E-state index contributed by atoms with van der Waals surface area (Å²) >= 11 is 0. The molecule has 1 aliphatic carbocycles. The maximum atomic E-state index is 9.98. The van der Waals surface area contributed by atoms with E-state index in [9.17, 15) is 5.11 Å². The number of aromatic amines is 1. The second-order valence-electron chi connectivity index (χ2n) is 5.00. The molecule has 3 rings (SSSR count). The van der Waals surface area contributed by atoms with Crippen LogP contribution in [-0.2, 0) is 0 Å². The van der Waals surface area contributed by atoms with Crippen molar-refractivity contribution < 1.29 is 5.11 Å². The second kappa shape index (κ2) is 4.40. The smallest absolute Gasteiger partial charge is 0.126 e. The molecule has 1 saturated carbocycles. The normalized spacial score (nSPS) is 18.4. The molecule has 2 N–H and O–H groups in total. The lowest BCUT2D eigenvalue weighted by molar-refractivity contribution is 0.480. The Kier molecular flexibility index (Phi) is 2.75. The first kappa shape index (κ1) is 10.6. The van der Waals surface area contributed by atoms with Gasteiger partial charge in [0.25, 0.3) is 0 Å². The first-order valence-electron chi connectivity index (χ1n) is 6.52. The van der Waals surface area contributed by atoms with Gasteiger partial charge in [0.05, 0.1) is 10.9 Å².